The summed E-state index contributed by atoms with van der Waals surface area (Å²) in [6.45, 7) is 5.95. The molecule has 0 bridgehead atoms. The van der Waals surface area contributed by atoms with Crippen molar-refractivity contribution >= 4 is 11.0 Å². The van der Waals surface area contributed by atoms with Gasteiger partial charge in [-0.2, -0.15) is 0 Å². The molecular formula is C18H16N4O. The van der Waals surface area contributed by atoms with Gasteiger partial charge in [0, 0.05) is 11.1 Å². The summed E-state index contributed by atoms with van der Waals surface area (Å²) in [5.74, 6) is 2.93. The zero-order chi connectivity index (χ0) is 16.0. The number of hydrogen-bond donors (Lipinski definition) is 0. The van der Waals surface area contributed by atoms with Crippen LogP contribution in [0.1, 0.15) is 17.1 Å². The van der Waals surface area contributed by atoms with Crippen LogP contribution in [-0.4, -0.2) is 19.7 Å². The normalized spacial score (nSPS) is 11.3. The topological polar surface area (TPSA) is 56.7 Å². The molecule has 5 heteroatoms. The Morgan fingerprint density at radius 3 is 2.57 bits per heavy atom. The number of aryl methyl sites for hydroxylation is 3. The Hall–Kier alpha value is -2.95. The van der Waals surface area contributed by atoms with E-state index in [1.807, 2.05) is 60.9 Å². The molecule has 0 aliphatic heterocycles. The van der Waals surface area contributed by atoms with Gasteiger partial charge in [0.25, 0.3) is 0 Å². The van der Waals surface area contributed by atoms with Crippen molar-refractivity contribution < 1.29 is 4.42 Å². The lowest BCUT2D eigenvalue weighted by molar-refractivity contribution is 0.622. The van der Waals surface area contributed by atoms with Crippen LogP contribution in [0.3, 0.4) is 0 Å². The Balaban J connectivity index is 1.94. The number of pyridine rings is 1. The second-order valence-electron chi connectivity index (χ2n) is 5.70. The van der Waals surface area contributed by atoms with Crippen molar-refractivity contribution in [3.8, 4) is 17.4 Å². The van der Waals surface area contributed by atoms with Crippen molar-refractivity contribution in [3.05, 3.63) is 59.5 Å². The van der Waals surface area contributed by atoms with E-state index in [1.165, 1.54) is 0 Å². The van der Waals surface area contributed by atoms with E-state index in [0.29, 0.717) is 11.6 Å². The summed E-state index contributed by atoms with van der Waals surface area (Å²) in [6, 6.07) is 14.0. The fraction of sp³-hybridized carbons (Fsp3) is 0.167. The van der Waals surface area contributed by atoms with Crippen molar-refractivity contribution in [2.75, 3.05) is 0 Å². The average Bonchev–Trinajstić information content (AvgIpc) is 3.09. The zero-order valence-corrected chi connectivity index (χ0v) is 13.2. The van der Waals surface area contributed by atoms with Crippen LogP contribution in [-0.2, 0) is 0 Å². The second kappa shape index (κ2) is 5.05. The van der Waals surface area contributed by atoms with E-state index in [2.05, 4.69) is 22.1 Å². The molecule has 114 valence electrons. The molecule has 0 aliphatic rings. The van der Waals surface area contributed by atoms with Gasteiger partial charge in [0.1, 0.15) is 17.2 Å². The number of furan rings is 1. The minimum atomic E-state index is 0.663. The fourth-order valence-electron chi connectivity index (χ4n) is 2.82. The molecule has 0 amide bonds. The lowest BCUT2D eigenvalue weighted by atomic mass is 10.2. The van der Waals surface area contributed by atoms with Crippen LogP contribution in [0.5, 0.6) is 0 Å². The van der Waals surface area contributed by atoms with E-state index in [-0.39, 0.29) is 0 Å². The second-order valence-corrected chi connectivity index (χ2v) is 5.70. The van der Waals surface area contributed by atoms with Crippen LogP contribution in [0, 0.1) is 20.8 Å². The fourth-order valence-corrected chi connectivity index (χ4v) is 2.82. The molecule has 4 aromatic rings. The lowest BCUT2D eigenvalue weighted by Crippen LogP contribution is -2.03. The Morgan fingerprint density at radius 1 is 0.957 bits per heavy atom. The van der Waals surface area contributed by atoms with Gasteiger partial charge in [-0.25, -0.2) is 4.98 Å². The van der Waals surface area contributed by atoms with E-state index in [9.17, 15) is 0 Å². The predicted molar refractivity (Wildman–Crippen MR) is 88.6 cm³/mol. The highest BCUT2D eigenvalue weighted by Crippen LogP contribution is 2.28. The summed E-state index contributed by atoms with van der Waals surface area (Å²) in [5, 5.41) is 9.55. The van der Waals surface area contributed by atoms with Crippen LogP contribution >= 0.6 is 0 Å². The van der Waals surface area contributed by atoms with E-state index in [4.69, 9.17) is 4.42 Å². The first kappa shape index (κ1) is 13.7. The molecule has 0 spiro atoms. The summed E-state index contributed by atoms with van der Waals surface area (Å²) < 4.78 is 7.87. The molecule has 0 saturated carbocycles. The third kappa shape index (κ3) is 2.30. The first-order chi connectivity index (χ1) is 11.1. The van der Waals surface area contributed by atoms with Gasteiger partial charge >= 0.3 is 0 Å². The van der Waals surface area contributed by atoms with Gasteiger partial charge in [-0.05, 0) is 50.6 Å². The van der Waals surface area contributed by atoms with Gasteiger partial charge in [-0.1, -0.05) is 18.2 Å². The Labute approximate surface area is 133 Å². The van der Waals surface area contributed by atoms with Gasteiger partial charge in [-0.15, -0.1) is 10.2 Å². The van der Waals surface area contributed by atoms with Gasteiger partial charge in [0.2, 0.25) is 5.82 Å². The molecule has 0 radical (unpaired) electrons. The van der Waals surface area contributed by atoms with Crippen LogP contribution in [0.25, 0.3) is 28.4 Å². The van der Waals surface area contributed by atoms with Gasteiger partial charge in [-0.3, -0.25) is 4.57 Å². The van der Waals surface area contributed by atoms with Crippen molar-refractivity contribution in [2.45, 2.75) is 20.8 Å². The number of hydrogen-bond acceptors (Lipinski definition) is 4. The maximum Gasteiger partial charge on any atom is 0.205 e. The van der Waals surface area contributed by atoms with Crippen LogP contribution in [0.2, 0.25) is 0 Å². The maximum absolute atomic E-state index is 5.94. The van der Waals surface area contributed by atoms with Crippen molar-refractivity contribution in [1.29, 1.82) is 0 Å². The molecule has 1 aromatic carbocycles. The molecule has 0 fully saturated rings. The van der Waals surface area contributed by atoms with E-state index >= 15 is 0 Å². The van der Waals surface area contributed by atoms with Crippen LogP contribution in [0.15, 0.2) is 46.9 Å². The van der Waals surface area contributed by atoms with Crippen molar-refractivity contribution in [2.24, 2.45) is 0 Å². The first-order valence-electron chi connectivity index (χ1n) is 7.48. The molecule has 0 N–H and O–H groups in total. The highest BCUT2D eigenvalue weighted by molar-refractivity contribution is 5.81. The number of fused-ring (bicyclic) bond motifs is 1. The van der Waals surface area contributed by atoms with Crippen LogP contribution in [0.4, 0.5) is 0 Å². The number of para-hydroxylation sites is 1. The van der Waals surface area contributed by atoms with Gasteiger partial charge in [0.05, 0.1) is 0 Å². The molecule has 23 heavy (non-hydrogen) atoms. The molecule has 5 nitrogen and oxygen atoms in total. The Bertz CT molecular complexity index is 960. The number of nitrogens with zero attached hydrogens (tertiary/aromatic N) is 4. The molecule has 4 rings (SSSR count). The summed E-state index contributed by atoms with van der Waals surface area (Å²) in [7, 11) is 0. The predicted octanol–water partition coefficient (Wildman–Crippen LogP) is 4.00. The summed E-state index contributed by atoms with van der Waals surface area (Å²) in [5.41, 5.74) is 2.95. The highest BCUT2D eigenvalue weighted by atomic mass is 16.3. The monoisotopic (exact) mass is 304 g/mol. The van der Waals surface area contributed by atoms with Gasteiger partial charge in [0.15, 0.2) is 5.76 Å². The molecule has 0 saturated heterocycles. The minimum Gasteiger partial charge on any atom is -0.453 e. The van der Waals surface area contributed by atoms with E-state index in [0.717, 1.165) is 33.9 Å². The summed E-state index contributed by atoms with van der Waals surface area (Å²) >= 11 is 0. The Kier molecular flexibility index (Phi) is 3.01. The highest BCUT2D eigenvalue weighted by Gasteiger charge is 2.18. The molecule has 0 aliphatic carbocycles. The lowest BCUT2D eigenvalue weighted by Gasteiger charge is -2.08. The standard InChI is InChI=1S/C18H16N4O/c1-11-8-12(2)19-17(9-11)22-13(3)20-21-18(22)16-10-14-6-4-5-7-15(14)23-16/h4-10H,1-3H3. The molecule has 3 aromatic heterocycles. The van der Waals surface area contributed by atoms with Crippen LogP contribution < -0.4 is 0 Å². The van der Waals surface area contributed by atoms with Gasteiger partial charge < -0.3 is 4.42 Å². The SMILES string of the molecule is Cc1cc(C)nc(-n2c(C)nnc2-c2cc3ccccc3o2)c1. The van der Waals surface area contributed by atoms with Crippen molar-refractivity contribution in [1.82, 2.24) is 19.7 Å². The number of rotatable bonds is 2. The Morgan fingerprint density at radius 2 is 1.78 bits per heavy atom. The first-order valence-corrected chi connectivity index (χ1v) is 7.48. The number of aromatic nitrogens is 4. The third-order valence-corrected chi connectivity index (χ3v) is 3.78. The molecule has 0 unspecified atom stereocenters. The maximum atomic E-state index is 5.94. The van der Waals surface area contributed by atoms with Crippen molar-refractivity contribution in [3.63, 3.8) is 0 Å². The molecule has 3 heterocycles. The summed E-state index contributed by atoms with van der Waals surface area (Å²) in [4.78, 5) is 4.62. The smallest absolute Gasteiger partial charge is 0.205 e. The minimum absolute atomic E-state index is 0.663. The summed E-state index contributed by atoms with van der Waals surface area (Å²) in [6.07, 6.45) is 0. The quantitative estimate of drug-likeness (QED) is 0.561. The van der Waals surface area contributed by atoms with E-state index in [1.54, 1.807) is 0 Å². The third-order valence-electron chi connectivity index (χ3n) is 3.78. The zero-order valence-electron chi connectivity index (χ0n) is 13.2. The number of benzene rings is 1. The largest absolute Gasteiger partial charge is 0.453 e. The average molecular weight is 304 g/mol. The molecular weight excluding hydrogens is 288 g/mol. The van der Waals surface area contributed by atoms with E-state index < -0.39 is 0 Å². The molecule has 0 atom stereocenters.